The molecule has 21 heavy (non-hydrogen) atoms. The fourth-order valence-corrected chi connectivity index (χ4v) is 3.98. The van der Waals surface area contributed by atoms with Crippen LogP contribution in [0.2, 0.25) is 10.0 Å². The number of hydrogen-bond acceptors (Lipinski definition) is 2. The Balaban J connectivity index is 2.60. The van der Waals surface area contributed by atoms with Crippen molar-refractivity contribution in [3.63, 3.8) is 0 Å². The lowest BCUT2D eigenvalue weighted by atomic mass is 9.99. The van der Waals surface area contributed by atoms with Gasteiger partial charge in [0, 0.05) is 49.6 Å². The van der Waals surface area contributed by atoms with Gasteiger partial charge in [0.05, 0.1) is 21.4 Å². The van der Waals surface area contributed by atoms with Crippen molar-refractivity contribution < 1.29 is 0 Å². The Hall–Kier alpha value is -1.09. The van der Waals surface area contributed by atoms with Crippen LogP contribution >= 0.6 is 34.8 Å². The van der Waals surface area contributed by atoms with Gasteiger partial charge in [0.2, 0.25) is 0 Å². The molecule has 0 fully saturated rings. The van der Waals surface area contributed by atoms with Crippen LogP contribution in [0, 0.1) is 0 Å². The molecule has 0 heterocycles. The van der Waals surface area contributed by atoms with E-state index in [0.29, 0.717) is 15.1 Å². The van der Waals surface area contributed by atoms with Crippen molar-refractivity contribution in [3.05, 3.63) is 33.3 Å². The first-order valence-electron chi connectivity index (χ1n) is 6.54. The van der Waals surface area contributed by atoms with Gasteiger partial charge in [-0.2, -0.15) is 0 Å². The van der Waals surface area contributed by atoms with E-state index in [4.69, 9.17) is 34.8 Å². The molecule has 0 bridgehead atoms. The highest BCUT2D eigenvalue weighted by molar-refractivity contribution is 6.55. The van der Waals surface area contributed by atoms with Crippen molar-refractivity contribution >= 4 is 68.1 Å². The molecule has 0 saturated heterocycles. The minimum atomic E-state index is 0.673. The van der Waals surface area contributed by atoms with Crippen molar-refractivity contribution in [2.24, 2.45) is 0 Å². The Morgan fingerprint density at radius 3 is 1.81 bits per heavy atom. The molecule has 1 aliphatic carbocycles. The van der Waals surface area contributed by atoms with E-state index in [0.717, 1.165) is 33.3 Å². The molecule has 0 aromatic heterocycles. The number of benzene rings is 2. The van der Waals surface area contributed by atoms with Crippen LogP contribution in [-0.2, 0) is 0 Å². The van der Waals surface area contributed by atoms with E-state index in [1.54, 1.807) is 0 Å². The summed E-state index contributed by atoms with van der Waals surface area (Å²) in [7, 11) is 7.92. The van der Waals surface area contributed by atoms with E-state index in [9.17, 15) is 0 Å². The molecule has 0 atom stereocenters. The van der Waals surface area contributed by atoms with Crippen LogP contribution in [0.5, 0.6) is 0 Å². The molecule has 2 aromatic carbocycles. The van der Waals surface area contributed by atoms with Gasteiger partial charge < -0.3 is 9.80 Å². The van der Waals surface area contributed by atoms with Crippen LogP contribution in [0.25, 0.3) is 21.9 Å². The first-order chi connectivity index (χ1) is 9.82. The number of rotatable bonds is 2. The summed E-state index contributed by atoms with van der Waals surface area (Å²) in [6, 6.07) is 3.90. The van der Waals surface area contributed by atoms with E-state index >= 15 is 0 Å². The van der Waals surface area contributed by atoms with E-state index in [1.165, 1.54) is 0 Å². The predicted octanol–water partition coefficient (Wildman–Crippen LogP) is 5.33. The zero-order valence-corrected chi connectivity index (χ0v) is 14.5. The molecular weight excluding hydrogens is 327 g/mol. The first-order valence-corrected chi connectivity index (χ1v) is 7.67. The molecule has 0 amide bonds. The Morgan fingerprint density at radius 1 is 0.762 bits per heavy atom. The fourth-order valence-electron chi connectivity index (χ4n) is 2.96. The maximum absolute atomic E-state index is 6.51. The van der Waals surface area contributed by atoms with E-state index < -0.39 is 0 Å². The van der Waals surface area contributed by atoms with E-state index in [1.807, 2.05) is 56.2 Å². The SMILES string of the molecule is CN(C)c1c(Cl)cc2c3c(cc(Cl)c(N(C)C)c13)C(Cl)=C2. The average Bonchev–Trinajstić information content (AvgIpc) is 2.64. The molecule has 1 aliphatic rings. The normalized spacial score (nSPS) is 12.8. The highest BCUT2D eigenvalue weighted by Gasteiger charge is 2.25. The Kier molecular flexibility index (Phi) is 3.52. The van der Waals surface area contributed by atoms with E-state index in [-0.39, 0.29) is 0 Å². The number of anilines is 2. The van der Waals surface area contributed by atoms with Crippen molar-refractivity contribution in [2.45, 2.75) is 0 Å². The topological polar surface area (TPSA) is 6.48 Å². The smallest absolute Gasteiger partial charge is 0.0653 e. The number of nitrogens with zero attached hydrogens (tertiary/aromatic N) is 2. The molecule has 0 N–H and O–H groups in total. The Bertz CT molecular complexity index is 778. The number of hydrogen-bond donors (Lipinski definition) is 0. The molecule has 5 heteroatoms. The summed E-state index contributed by atoms with van der Waals surface area (Å²) in [5.74, 6) is 0. The van der Waals surface area contributed by atoms with Crippen LogP contribution in [0.3, 0.4) is 0 Å². The molecule has 110 valence electrons. The van der Waals surface area contributed by atoms with Gasteiger partial charge in [-0.3, -0.25) is 0 Å². The van der Waals surface area contributed by atoms with Crippen molar-refractivity contribution in [2.75, 3.05) is 38.0 Å². The summed E-state index contributed by atoms with van der Waals surface area (Å²) in [6.07, 6.45) is 1.94. The van der Waals surface area contributed by atoms with Crippen LogP contribution in [-0.4, -0.2) is 28.2 Å². The van der Waals surface area contributed by atoms with Gasteiger partial charge in [0.1, 0.15) is 0 Å². The van der Waals surface area contributed by atoms with Crippen molar-refractivity contribution in [1.82, 2.24) is 0 Å². The van der Waals surface area contributed by atoms with Gasteiger partial charge in [-0.1, -0.05) is 34.8 Å². The Labute approximate surface area is 139 Å². The molecular formula is C16H15Cl3N2. The third kappa shape index (κ3) is 2.09. The largest absolute Gasteiger partial charge is 0.376 e. The summed E-state index contributed by atoms with van der Waals surface area (Å²) < 4.78 is 0. The fraction of sp³-hybridized carbons (Fsp3) is 0.250. The summed E-state index contributed by atoms with van der Waals surface area (Å²) >= 11 is 19.4. The third-order valence-corrected chi connectivity index (χ3v) is 4.61. The standard InChI is InChI=1S/C16H15Cl3N2/c1-20(2)15-11(18)6-8-5-10(17)9-7-12(19)16(21(3)4)14(15)13(8)9/h5-7H,1-4H3. The quantitative estimate of drug-likeness (QED) is 0.728. The van der Waals surface area contributed by atoms with Gasteiger partial charge >= 0.3 is 0 Å². The highest BCUT2D eigenvalue weighted by atomic mass is 35.5. The van der Waals surface area contributed by atoms with Gasteiger partial charge in [-0.05, 0) is 23.8 Å². The highest BCUT2D eigenvalue weighted by Crippen LogP contribution is 2.50. The zero-order valence-electron chi connectivity index (χ0n) is 12.3. The molecule has 0 unspecified atom stereocenters. The molecule has 2 nitrogen and oxygen atoms in total. The maximum Gasteiger partial charge on any atom is 0.0653 e. The summed E-state index contributed by atoms with van der Waals surface area (Å²) in [6.45, 7) is 0. The second-order valence-corrected chi connectivity index (χ2v) is 6.80. The minimum Gasteiger partial charge on any atom is -0.376 e. The predicted molar refractivity (Wildman–Crippen MR) is 96.3 cm³/mol. The molecule has 0 saturated carbocycles. The monoisotopic (exact) mass is 340 g/mol. The molecule has 3 rings (SSSR count). The zero-order chi connectivity index (χ0) is 15.5. The average molecular weight is 342 g/mol. The van der Waals surface area contributed by atoms with E-state index in [2.05, 4.69) is 0 Å². The van der Waals surface area contributed by atoms with Gasteiger partial charge in [0.15, 0.2) is 0 Å². The van der Waals surface area contributed by atoms with Crippen molar-refractivity contribution in [1.29, 1.82) is 0 Å². The second kappa shape index (κ2) is 4.98. The first kappa shape index (κ1) is 14.8. The van der Waals surface area contributed by atoms with Crippen LogP contribution in [0.15, 0.2) is 12.1 Å². The van der Waals surface area contributed by atoms with Crippen LogP contribution < -0.4 is 9.80 Å². The second-order valence-electron chi connectivity index (χ2n) is 5.58. The molecule has 0 aliphatic heterocycles. The molecule has 2 aromatic rings. The third-order valence-electron chi connectivity index (χ3n) is 3.72. The van der Waals surface area contributed by atoms with Gasteiger partial charge in [-0.25, -0.2) is 0 Å². The van der Waals surface area contributed by atoms with Gasteiger partial charge in [-0.15, -0.1) is 0 Å². The summed E-state index contributed by atoms with van der Waals surface area (Å²) in [4.78, 5) is 4.03. The van der Waals surface area contributed by atoms with Crippen molar-refractivity contribution in [3.8, 4) is 0 Å². The molecule has 0 radical (unpaired) electrons. The summed E-state index contributed by atoms with van der Waals surface area (Å²) in [5, 5.41) is 4.23. The minimum absolute atomic E-state index is 0.673. The van der Waals surface area contributed by atoms with Crippen LogP contribution in [0.1, 0.15) is 11.1 Å². The lowest BCUT2D eigenvalue weighted by Gasteiger charge is -2.25. The van der Waals surface area contributed by atoms with Crippen LogP contribution in [0.4, 0.5) is 11.4 Å². The van der Waals surface area contributed by atoms with Gasteiger partial charge in [0.25, 0.3) is 0 Å². The summed E-state index contributed by atoms with van der Waals surface area (Å²) in [5.41, 5.74) is 3.93. The molecule has 0 spiro atoms. The lowest BCUT2D eigenvalue weighted by molar-refractivity contribution is 1.12. The lowest BCUT2D eigenvalue weighted by Crippen LogP contribution is -2.14. The Morgan fingerprint density at radius 2 is 1.29 bits per heavy atom. The number of halogens is 3. The maximum atomic E-state index is 6.51.